The van der Waals surface area contributed by atoms with E-state index in [-0.39, 0.29) is 38.5 Å². The summed E-state index contributed by atoms with van der Waals surface area (Å²) in [4.78, 5) is 26.6. The third kappa shape index (κ3) is 4.32. The number of hydrogen-bond donors (Lipinski definition) is 2. The van der Waals surface area contributed by atoms with Gasteiger partial charge in [0.2, 0.25) is 0 Å². The average Bonchev–Trinajstić information content (AvgIpc) is 3.16. The number of rotatable bonds is 5. The van der Waals surface area contributed by atoms with Crippen LogP contribution in [0.5, 0.6) is 0 Å². The van der Waals surface area contributed by atoms with E-state index in [0.29, 0.717) is 5.69 Å². The van der Waals surface area contributed by atoms with Crippen LogP contribution >= 0.6 is 0 Å². The Kier molecular flexibility index (Phi) is 5.88. The molecule has 2 N–H and O–H groups in total. The summed E-state index contributed by atoms with van der Waals surface area (Å²) in [5.41, 5.74) is 3.13. The lowest BCUT2D eigenvalue weighted by molar-refractivity contribution is -0.145. The fourth-order valence-corrected chi connectivity index (χ4v) is 5.09. The standard InChI is InChI=1S/C27H24F2N2O4/c28-17-13-18(29)15-19(14-17)31-11-9-27(10-12-31,25(32)33)30-26(34)35-16-24-22-7-3-1-5-20(22)21-6-2-4-8-23(21)24/h1-8,13-15,24H,9-12,16H2,(H,30,34)(H,32,33). The number of carbonyl (C=O) groups is 2. The molecule has 1 fully saturated rings. The minimum Gasteiger partial charge on any atom is -0.480 e. The van der Waals surface area contributed by atoms with Crippen LogP contribution in [0, 0.1) is 11.6 Å². The summed E-state index contributed by atoms with van der Waals surface area (Å²) in [6, 6.07) is 19.1. The normalized spacial score (nSPS) is 16.3. The monoisotopic (exact) mass is 478 g/mol. The first-order valence-electron chi connectivity index (χ1n) is 11.4. The Hall–Kier alpha value is -3.94. The van der Waals surface area contributed by atoms with Crippen molar-refractivity contribution in [3.63, 3.8) is 0 Å². The van der Waals surface area contributed by atoms with E-state index in [9.17, 15) is 23.5 Å². The van der Waals surface area contributed by atoms with Crippen molar-refractivity contribution in [2.45, 2.75) is 24.3 Å². The fraction of sp³-hybridized carbons (Fsp3) is 0.259. The fourth-order valence-electron chi connectivity index (χ4n) is 5.09. The van der Waals surface area contributed by atoms with E-state index >= 15 is 0 Å². The number of piperidine rings is 1. The van der Waals surface area contributed by atoms with Crippen LogP contribution in [0.2, 0.25) is 0 Å². The van der Waals surface area contributed by atoms with E-state index in [1.165, 1.54) is 12.1 Å². The zero-order valence-corrected chi connectivity index (χ0v) is 18.8. The van der Waals surface area contributed by atoms with Crippen LogP contribution in [0.3, 0.4) is 0 Å². The first kappa shape index (κ1) is 22.8. The molecular weight excluding hydrogens is 454 g/mol. The Morgan fingerprint density at radius 3 is 2.03 bits per heavy atom. The molecule has 0 unspecified atom stereocenters. The maximum Gasteiger partial charge on any atom is 0.408 e. The van der Waals surface area contributed by atoms with Gasteiger partial charge in [0.25, 0.3) is 0 Å². The summed E-state index contributed by atoms with van der Waals surface area (Å²) in [5.74, 6) is -2.71. The molecule has 3 aromatic carbocycles. The number of amides is 1. The van der Waals surface area contributed by atoms with Crippen molar-refractivity contribution in [3.8, 4) is 11.1 Å². The highest BCUT2D eigenvalue weighted by Crippen LogP contribution is 2.44. The molecule has 0 atom stereocenters. The Bertz CT molecular complexity index is 1220. The number of aliphatic carboxylic acids is 1. The first-order valence-corrected chi connectivity index (χ1v) is 11.4. The van der Waals surface area contributed by atoms with Crippen molar-refractivity contribution >= 4 is 17.7 Å². The summed E-state index contributed by atoms with van der Waals surface area (Å²) in [5, 5.41) is 12.5. The number of anilines is 1. The third-order valence-electron chi connectivity index (χ3n) is 6.92. The molecular formula is C27H24F2N2O4. The lowest BCUT2D eigenvalue weighted by Crippen LogP contribution is -2.60. The molecule has 0 spiro atoms. The van der Waals surface area contributed by atoms with Crippen LogP contribution in [0.25, 0.3) is 11.1 Å². The van der Waals surface area contributed by atoms with Gasteiger partial charge in [0.1, 0.15) is 23.8 Å². The Morgan fingerprint density at radius 2 is 1.49 bits per heavy atom. The third-order valence-corrected chi connectivity index (χ3v) is 6.92. The van der Waals surface area contributed by atoms with Crippen LogP contribution in [0.4, 0.5) is 19.3 Å². The Morgan fingerprint density at radius 1 is 0.943 bits per heavy atom. The highest BCUT2D eigenvalue weighted by atomic mass is 19.1. The minimum atomic E-state index is -1.52. The highest BCUT2D eigenvalue weighted by molar-refractivity contribution is 5.85. The minimum absolute atomic E-state index is 0.0602. The van der Waals surface area contributed by atoms with E-state index in [1.54, 1.807) is 4.90 Å². The van der Waals surface area contributed by atoms with Gasteiger partial charge in [-0.2, -0.15) is 0 Å². The summed E-state index contributed by atoms with van der Waals surface area (Å²) in [7, 11) is 0. The molecule has 3 aromatic rings. The average molecular weight is 478 g/mol. The molecule has 5 rings (SSSR count). The number of carbonyl (C=O) groups excluding carboxylic acids is 1. The van der Waals surface area contributed by atoms with Gasteiger partial charge in [-0.05, 0) is 47.2 Å². The Labute approximate surface area is 201 Å². The molecule has 180 valence electrons. The second-order valence-corrected chi connectivity index (χ2v) is 8.95. The van der Waals surface area contributed by atoms with Crippen molar-refractivity contribution in [1.82, 2.24) is 5.32 Å². The number of carboxylic acids is 1. The molecule has 8 heteroatoms. The molecule has 1 saturated heterocycles. The number of nitrogens with one attached hydrogen (secondary N) is 1. The molecule has 35 heavy (non-hydrogen) atoms. The van der Waals surface area contributed by atoms with Gasteiger partial charge in [0.05, 0.1) is 0 Å². The van der Waals surface area contributed by atoms with Crippen LogP contribution in [-0.4, -0.2) is 42.4 Å². The number of benzene rings is 3. The lowest BCUT2D eigenvalue weighted by Gasteiger charge is -2.40. The summed E-state index contributed by atoms with van der Waals surface area (Å²) in [6.07, 6.45) is -0.686. The van der Waals surface area contributed by atoms with Gasteiger partial charge in [-0.15, -0.1) is 0 Å². The van der Waals surface area contributed by atoms with E-state index in [0.717, 1.165) is 28.3 Å². The molecule has 1 aliphatic heterocycles. The molecule has 1 aliphatic carbocycles. The zero-order valence-electron chi connectivity index (χ0n) is 18.8. The number of nitrogens with zero attached hydrogens (tertiary/aromatic N) is 1. The summed E-state index contributed by atoms with van der Waals surface area (Å²) >= 11 is 0. The second kappa shape index (κ2) is 9.02. The summed E-state index contributed by atoms with van der Waals surface area (Å²) in [6.45, 7) is 0.488. The predicted octanol–water partition coefficient (Wildman–Crippen LogP) is 4.93. The Balaban J connectivity index is 1.26. The molecule has 0 saturated carbocycles. The van der Waals surface area contributed by atoms with Gasteiger partial charge in [-0.3, -0.25) is 0 Å². The van der Waals surface area contributed by atoms with Crippen molar-refractivity contribution in [2.24, 2.45) is 0 Å². The predicted molar refractivity (Wildman–Crippen MR) is 126 cm³/mol. The topological polar surface area (TPSA) is 78.9 Å². The molecule has 1 heterocycles. The molecule has 6 nitrogen and oxygen atoms in total. The largest absolute Gasteiger partial charge is 0.480 e. The van der Waals surface area contributed by atoms with Crippen LogP contribution in [-0.2, 0) is 9.53 Å². The van der Waals surface area contributed by atoms with Crippen molar-refractivity contribution in [1.29, 1.82) is 0 Å². The highest BCUT2D eigenvalue weighted by Gasteiger charge is 2.44. The summed E-state index contributed by atoms with van der Waals surface area (Å²) < 4.78 is 32.7. The van der Waals surface area contributed by atoms with Crippen LogP contribution in [0.15, 0.2) is 66.7 Å². The van der Waals surface area contributed by atoms with E-state index in [4.69, 9.17) is 4.74 Å². The van der Waals surface area contributed by atoms with Crippen molar-refractivity contribution < 1.29 is 28.2 Å². The SMILES string of the molecule is O=C(NC1(C(=O)O)CCN(c2cc(F)cc(F)c2)CC1)OCC1c2ccccc2-c2ccccc21. The molecule has 0 radical (unpaired) electrons. The van der Waals surface area contributed by atoms with Gasteiger partial charge >= 0.3 is 12.1 Å². The number of hydrogen-bond acceptors (Lipinski definition) is 4. The second-order valence-electron chi connectivity index (χ2n) is 8.95. The van der Waals surface area contributed by atoms with Gasteiger partial charge in [0.15, 0.2) is 0 Å². The lowest BCUT2D eigenvalue weighted by atomic mass is 9.87. The quantitative estimate of drug-likeness (QED) is 0.544. The first-order chi connectivity index (χ1) is 16.9. The van der Waals surface area contributed by atoms with Gasteiger partial charge in [-0.1, -0.05) is 48.5 Å². The number of alkyl carbamates (subject to hydrolysis) is 1. The number of fused-ring (bicyclic) bond motifs is 3. The van der Waals surface area contributed by atoms with Crippen molar-refractivity contribution in [2.75, 3.05) is 24.6 Å². The maximum absolute atomic E-state index is 13.6. The van der Waals surface area contributed by atoms with E-state index in [1.807, 2.05) is 48.5 Å². The number of ether oxygens (including phenoxy) is 1. The van der Waals surface area contributed by atoms with Gasteiger partial charge in [-0.25, -0.2) is 18.4 Å². The maximum atomic E-state index is 13.6. The van der Waals surface area contributed by atoms with Crippen LogP contribution in [0.1, 0.15) is 29.9 Å². The van der Waals surface area contributed by atoms with E-state index < -0.39 is 29.2 Å². The van der Waals surface area contributed by atoms with Crippen molar-refractivity contribution in [3.05, 3.63) is 89.5 Å². The molecule has 0 aromatic heterocycles. The van der Waals surface area contributed by atoms with Crippen LogP contribution < -0.4 is 10.2 Å². The molecule has 0 bridgehead atoms. The molecule has 2 aliphatic rings. The zero-order chi connectivity index (χ0) is 24.6. The smallest absolute Gasteiger partial charge is 0.408 e. The number of halogens is 2. The molecule has 1 amide bonds. The number of carboxylic acid groups (broad SMARTS) is 1. The van der Waals surface area contributed by atoms with E-state index in [2.05, 4.69) is 5.32 Å². The van der Waals surface area contributed by atoms with Gasteiger partial charge in [0, 0.05) is 30.8 Å². The van der Waals surface area contributed by atoms with Gasteiger partial charge < -0.3 is 20.1 Å².